The van der Waals surface area contributed by atoms with Crippen molar-refractivity contribution in [3.05, 3.63) is 35.9 Å². The summed E-state index contributed by atoms with van der Waals surface area (Å²) in [5.74, 6) is 0.155. The average molecular weight is 480 g/mol. The van der Waals surface area contributed by atoms with Gasteiger partial charge in [-0.05, 0) is 0 Å². The molecule has 0 aromatic heterocycles. The summed E-state index contributed by atoms with van der Waals surface area (Å²) in [5, 5.41) is 3.59. The van der Waals surface area contributed by atoms with Gasteiger partial charge in [0.1, 0.15) is 0 Å². The standard InChI is InChI=1S/C12H16NO.3C4H9.Sn/c1-2-3-7-10-13-12(14)11-8-5-4-6-9-11;3*1-3-4-2;/h4-6,8-10H,2-3,7H2,1H3,(H,13,14);3*1,3-4H2,2H3;. The Hall–Kier alpha value is -0.511. The fourth-order valence-corrected chi connectivity index (χ4v) is 22.0. The molecule has 1 N–H and O–H groups in total. The van der Waals surface area contributed by atoms with Gasteiger partial charge in [0, 0.05) is 0 Å². The quantitative estimate of drug-likeness (QED) is 0.261. The molecule has 0 heterocycles. The van der Waals surface area contributed by atoms with Crippen molar-refractivity contribution in [3.8, 4) is 0 Å². The van der Waals surface area contributed by atoms with Crippen molar-refractivity contribution in [3.63, 3.8) is 0 Å². The molecule has 27 heavy (non-hydrogen) atoms. The Bertz CT molecular complexity index is 481. The summed E-state index contributed by atoms with van der Waals surface area (Å²) < 4.78 is 4.86. The van der Waals surface area contributed by atoms with Crippen molar-refractivity contribution in [2.45, 2.75) is 103 Å². The molecule has 0 unspecified atom stereocenters. The van der Waals surface area contributed by atoms with E-state index in [9.17, 15) is 4.79 Å². The van der Waals surface area contributed by atoms with Crippen molar-refractivity contribution < 1.29 is 4.79 Å². The maximum atomic E-state index is 13.0. The molecule has 1 aromatic rings. The molecule has 0 radical (unpaired) electrons. The predicted octanol–water partition coefficient (Wildman–Crippen LogP) is 7.36. The zero-order valence-electron chi connectivity index (χ0n) is 18.4. The summed E-state index contributed by atoms with van der Waals surface area (Å²) in [5.41, 5.74) is 0.820. The average Bonchev–Trinajstić information content (AvgIpc) is 2.71. The number of benzene rings is 1. The number of hydrogen-bond acceptors (Lipinski definition) is 1. The van der Waals surface area contributed by atoms with Crippen molar-refractivity contribution in [2.24, 2.45) is 0 Å². The first-order chi connectivity index (χ1) is 13.1. The molecule has 0 aliphatic rings. The normalized spacial score (nSPS) is 12.7. The summed E-state index contributed by atoms with van der Waals surface area (Å²) in [4.78, 5) is 13.0. The van der Waals surface area contributed by atoms with E-state index in [1.165, 1.54) is 71.1 Å². The topological polar surface area (TPSA) is 29.1 Å². The van der Waals surface area contributed by atoms with E-state index in [-0.39, 0.29) is 5.91 Å². The van der Waals surface area contributed by atoms with Gasteiger partial charge >= 0.3 is 173 Å². The molecule has 154 valence electrons. The van der Waals surface area contributed by atoms with Gasteiger partial charge in [-0.1, -0.05) is 0 Å². The zero-order chi connectivity index (χ0) is 20.0. The molecule has 1 rings (SSSR count). The second-order valence-corrected chi connectivity index (χ2v) is 22.3. The van der Waals surface area contributed by atoms with Gasteiger partial charge in [0.05, 0.1) is 0 Å². The van der Waals surface area contributed by atoms with Gasteiger partial charge in [0.2, 0.25) is 0 Å². The van der Waals surface area contributed by atoms with Crippen LogP contribution < -0.4 is 5.32 Å². The van der Waals surface area contributed by atoms with E-state index in [0.717, 1.165) is 5.56 Å². The van der Waals surface area contributed by atoms with Crippen LogP contribution in [0.1, 0.15) is 95.8 Å². The molecular formula is C24H43NOSn. The maximum absolute atomic E-state index is 13.0. The molecule has 0 spiro atoms. The molecule has 0 bridgehead atoms. The molecule has 1 atom stereocenters. The molecule has 3 heteroatoms. The number of unbranched alkanes of at least 4 members (excludes halogenated alkanes) is 4. The van der Waals surface area contributed by atoms with Crippen LogP contribution in [0.15, 0.2) is 30.3 Å². The molecular weight excluding hydrogens is 437 g/mol. The van der Waals surface area contributed by atoms with Gasteiger partial charge < -0.3 is 0 Å². The fraction of sp³-hybridized carbons (Fsp3) is 0.708. The molecule has 0 saturated heterocycles. The van der Waals surface area contributed by atoms with Gasteiger partial charge in [0.15, 0.2) is 0 Å². The summed E-state index contributed by atoms with van der Waals surface area (Å²) in [6.45, 7) is 9.23. The zero-order valence-corrected chi connectivity index (χ0v) is 21.2. The van der Waals surface area contributed by atoms with E-state index >= 15 is 0 Å². The SMILES string of the molecule is CCCC[C@@H](NC(=O)c1ccccc1)[Sn]([CH2]CCC)([CH2]CCC)[CH2]CCC. The third-order valence-electron chi connectivity index (χ3n) is 6.01. The van der Waals surface area contributed by atoms with Crippen LogP contribution in [0.3, 0.4) is 0 Å². The third-order valence-corrected chi connectivity index (χ3v) is 23.0. The second-order valence-electron chi connectivity index (χ2n) is 8.21. The van der Waals surface area contributed by atoms with E-state index in [1.807, 2.05) is 30.3 Å². The number of amides is 1. The Kier molecular flexibility index (Phi) is 13.2. The van der Waals surface area contributed by atoms with E-state index < -0.39 is 18.4 Å². The van der Waals surface area contributed by atoms with Crippen LogP contribution in [0, 0.1) is 0 Å². The van der Waals surface area contributed by atoms with Crippen LogP contribution in [0.4, 0.5) is 0 Å². The number of carbonyl (C=O) groups excluding carboxylic acids is 1. The van der Waals surface area contributed by atoms with Crippen molar-refractivity contribution in [1.29, 1.82) is 0 Å². The summed E-state index contributed by atoms with van der Waals surface area (Å²) in [7, 11) is 0. The van der Waals surface area contributed by atoms with Gasteiger partial charge in [-0.25, -0.2) is 0 Å². The number of rotatable bonds is 15. The van der Waals surface area contributed by atoms with Gasteiger partial charge in [-0.2, -0.15) is 0 Å². The number of carbonyl (C=O) groups is 1. The first kappa shape index (κ1) is 24.5. The molecule has 0 saturated carbocycles. The van der Waals surface area contributed by atoms with Crippen LogP contribution in [-0.2, 0) is 0 Å². The Morgan fingerprint density at radius 3 is 1.74 bits per heavy atom. The Balaban J connectivity index is 3.10. The molecule has 1 amide bonds. The molecule has 1 aromatic carbocycles. The third kappa shape index (κ3) is 8.58. The van der Waals surface area contributed by atoms with Crippen LogP contribution in [0.5, 0.6) is 0 Å². The number of hydrogen-bond donors (Lipinski definition) is 1. The minimum atomic E-state index is -2.48. The molecule has 0 fully saturated rings. The first-order valence-corrected chi connectivity index (χ1v) is 19.2. The fourth-order valence-electron chi connectivity index (χ4n) is 4.26. The van der Waals surface area contributed by atoms with Crippen LogP contribution in [0.2, 0.25) is 13.3 Å². The van der Waals surface area contributed by atoms with Crippen molar-refractivity contribution >= 4 is 24.3 Å². The minimum absolute atomic E-state index is 0.155. The molecule has 2 nitrogen and oxygen atoms in total. The van der Waals surface area contributed by atoms with Crippen molar-refractivity contribution in [1.82, 2.24) is 5.32 Å². The van der Waals surface area contributed by atoms with E-state index in [0.29, 0.717) is 4.06 Å². The van der Waals surface area contributed by atoms with Crippen LogP contribution in [-0.4, -0.2) is 28.3 Å². The Labute approximate surface area is 172 Å². The molecule has 0 aliphatic heterocycles. The van der Waals surface area contributed by atoms with Crippen molar-refractivity contribution in [2.75, 3.05) is 0 Å². The molecule has 0 aliphatic carbocycles. The first-order valence-electron chi connectivity index (χ1n) is 11.5. The predicted molar refractivity (Wildman–Crippen MR) is 122 cm³/mol. The summed E-state index contributed by atoms with van der Waals surface area (Å²) in [6.07, 6.45) is 11.6. The van der Waals surface area contributed by atoms with Crippen LogP contribution in [0.25, 0.3) is 0 Å². The Morgan fingerprint density at radius 2 is 1.30 bits per heavy atom. The van der Waals surface area contributed by atoms with Gasteiger partial charge in [-0.15, -0.1) is 0 Å². The van der Waals surface area contributed by atoms with E-state index in [4.69, 9.17) is 0 Å². The summed E-state index contributed by atoms with van der Waals surface area (Å²) in [6, 6.07) is 9.83. The van der Waals surface area contributed by atoms with Crippen LogP contribution >= 0.6 is 0 Å². The Morgan fingerprint density at radius 1 is 0.815 bits per heavy atom. The number of nitrogens with one attached hydrogen (secondary N) is 1. The van der Waals surface area contributed by atoms with Gasteiger partial charge in [0.25, 0.3) is 0 Å². The van der Waals surface area contributed by atoms with E-state index in [1.54, 1.807) is 0 Å². The monoisotopic (exact) mass is 481 g/mol. The second kappa shape index (κ2) is 14.5. The van der Waals surface area contributed by atoms with Gasteiger partial charge in [-0.3, -0.25) is 0 Å². The van der Waals surface area contributed by atoms with E-state index in [2.05, 4.69) is 33.0 Å². The summed E-state index contributed by atoms with van der Waals surface area (Å²) >= 11 is -2.48.